The van der Waals surface area contributed by atoms with E-state index >= 15 is 0 Å². The van der Waals surface area contributed by atoms with E-state index in [2.05, 4.69) is 19.7 Å². The van der Waals surface area contributed by atoms with Crippen LogP contribution in [0.3, 0.4) is 0 Å². The third-order valence-corrected chi connectivity index (χ3v) is 6.72. The van der Waals surface area contributed by atoms with Crippen molar-refractivity contribution in [3.8, 4) is 0 Å². The fourth-order valence-electron chi connectivity index (χ4n) is 3.95. The summed E-state index contributed by atoms with van der Waals surface area (Å²) in [5.41, 5.74) is 4.79. The van der Waals surface area contributed by atoms with Gasteiger partial charge in [0.05, 0.1) is 6.10 Å². The minimum absolute atomic E-state index is 0.128. The van der Waals surface area contributed by atoms with Gasteiger partial charge in [0, 0.05) is 36.2 Å². The SMILES string of the molecule is O=S(=O)(Nc1ccc(CCNCC(O)c2cccnc2)cc1)NC1Cc2ccccc2C1. The summed E-state index contributed by atoms with van der Waals surface area (Å²) in [6.45, 7) is 1.15. The fraction of sp³-hybridized carbons (Fsp3) is 0.292. The number of aliphatic hydroxyl groups excluding tert-OH is 1. The number of benzene rings is 2. The molecule has 2 aromatic carbocycles. The van der Waals surface area contributed by atoms with Crippen LogP contribution in [0.4, 0.5) is 5.69 Å². The van der Waals surface area contributed by atoms with Gasteiger partial charge in [0.1, 0.15) is 0 Å². The molecule has 0 radical (unpaired) electrons. The van der Waals surface area contributed by atoms with Crippen LogP contribution in [0.1, 0.15) is 28.4 Å². The Bertz CT molecular complexity index is 1100. The summed E-state index contributed by atoms with van der Waals surface area (Å²) in [5.74, 6) is 0. The Labute approximate surface area is 189 Å². The molecule has 1 unspecified atom stereocenters. The lowest BCUT2D eigenvalue weighted by molar-refractivity contribution is 0.174. The maximum absolute atomic E-state index is 12.5. The normalized spacial score (nSPS) is 14.8. The van der Waals surface area contributed by atoms with E-state index in [9.17, 15) is 13.5 Å². The molecule has 0 fully saturated rings. The molecule has 4 rings (SSSR count). The molecular weight excluding hydrogens is 424 g/mol. The van der Waals surface area contributed by atoms with E-state index in [1.54, 1.807) is 30.6 Å². The summed E-state index contributed by atoms with van der Waals surface area (Å²) in [4.78, 5) is 4.01. The predicted octanol–water partition coefficient (Wildman–Crippen LogP) is 2.36. The molecule has 8 heteroatoms. The van der Waals surface area contributed by atoms with Crippen molar-refractivity contribution < 1.29 is 13.5 Å². The molecule has 4 N–H and O–H groups in total. The average molecular weight is 453 g/mol. The van der Waals surface area contributed by atoms with Crippen molar-refractivity contribution >= 4 is 15.9 Å². The van der Waals surface area contributed by atoms with Crippen LogP contribution < -0.4 is 14.8 Å². The first-order chi connectivity index (χ1) is 15.5. The van der Waals surface area contributed by atoms with Crippen molar-refractivity contribution in [2.24, 2.45) is 0 Å². The highest BCUT2D eigenvalue weighted by atomic mass is 32.2. The quantitative estimate of drug-likeness (QED) is 0.354. The number of aromatic nitrogens is 1. The number of pyridine rings is 1. The first-order valence-corrected chi connectivity index (χ1v) is 12.2. The van der Waals surface area contributed by atoms with E-state index in [1.165, 1.54) is 11.1 Å². The molecule has 1 aromatic heterocycles. The van der Waals surface area contributed by atoms with Gasteiger partial charge >= 0.3 is 0 Å². The molecular formula is C24H28N4O3S. The third-order valence-electron chi connectivity index (χ3n) is 5.58. The second-order valence-electron chi connectivity index (χ2n) is 8.05. The largest absolute Gasteiger partial charge is 0.387 e. The van der Waals surface area contributed by atoms with Crippen LogP contribution in [-0.2, 0) is 29.5 Å². The van der Waals surface area contributed by atoms with E-state index in [1.807, 2.05) is 42.5 Å². The zero-order valence-corrected chi connectivity index (χ0v) is 18.6. The second-order valence-corrected chi connectivity index (χ2v) is 9.50. The van der Waals surface area contributed by atoms with Gasteiger partial charge in [0.2, 0.25) is 0 Å². The number of aliphatic hydroxyl groups is 1. The first-order valence-electron chi connectivity index (χ1n) is 10.7. The van der Waals surface area contributed by atoms with Gasteiger partial charge in [0.15, 0.2) is 0 Å². The summed E-state index contributed by atoms with van der Waals surface area (Å²) in [5, 5.41) is 13.4. The summed E-state index contributed by atoms with van der Waals surface area (Å²) < 4.78 is 30.4. The Morgan fingerprint density at radius 1 is 1.00 bits per heavy atom. The summed E-state index contributed by atoms with van der Waals surface area (Å²) in [6, 6.07) is 18.9. The highest BCUT2D eigenvalue weighted by Crippen LogP contribution is 2.22. The van der Waals surface area contributed by atoms with Crippen molar-refractivity contribution in [1.29, 1.82) is 0 Å². The Balaban J connectivity index is 1.21. The van der Waals surface area contributed by atoms with Gasteiger partial charge in [0.25, 0.3) is 10.2 Å². The van der Waals surface area contributed by atoms with Gasteiger partial charge in [-0.3, -0.25) is 9.71 Å². The standard InChI is InChI=1S/C24H28N4O3S/c29-24(21-6-3-12-25-16-21)17-26-13-11-18-7-9-22(10-8-18)27-32(30,31)28-23-14-19-4-1-2-5-20(19)15-23/h1-10,12,16,23-24,26-29H,11,13-15,17H2. The van der Waals surface area contributed by atoms with Gasteiger partial charge in [-0.05, 0) is 60.7 Å². The number of rotatable bonds is 10. The molecule has 0 amide bonds. The van der Waals surface area contributed by atoms with Crippen LogP contribution in [0.5, 0.6) is 0 Å². The lowest BCUT2D eigenvalue weighted by atomic mass is 10.1. The van der Waals surface area contributed by atoms with Crippen LogP contribution in [0.25, 0.3) is 0 Å². The number of hydrogen-bond acceptors (Lipinski definition) is 5. The van der Waals surface area contributed by atoms with Gasteiger partial charge in [-0.1, -0.05) is 42.5 Å². The number of fused-ring (bicyclic) bond motifs is 1. The lowest BCUT2D eigenvalue weighted by Gasteiger charge is -2.14. The van der Waals surface area contributed by atoms with Gasteiger partial charge in [-0.2, -0.15) is 13.1 Å². The molecule has 1 atom stereocenters. The van der Waals surface area contributed by atoms with E-state index in [4.69, 9.17) is 0 Å². The van der Waals surface area contributed by atoms with Crippen molar-refractivity contribution in [3.05, 3.63) is 95.3 Å². The predicted molar refractivity (Wildman–Crippen MR) is 126 cm³/mol. The third kappa shape index (κ3) is 6.14. The van der Waals surface area contributed by atoms with E-state index in [0.717, 1.165) is 17.5 Å². The highest BCUT2D eigenvalue weighted by molar-refractivity contribution is 7.90. The maximum atomic E-state index is 12.5. The Morgan fingerprint density at radius 2 is 1.72 bits per heavy atom. The van der Waals surface area contributed by atoms with Gasteiger partial charge < -0.3 is 10.4 Å². The van der Waals surface area contributed by atoms with Crippen molar-refractivity contribution in [1.82, 2.24) is 15.0 Å². The molecule has 1 aliphatic rings. The van der Waals surface area contributed by atoms with Gasteiger partial charge in [-0.25, -0.2) is 0 Å². The minimum Gasteiger partial charge on any atom is -0.387 e. The summed E-state index contributed by atoms with van der Waals surface area (Å²) in [6.07, 6.45) is 4.92. The molecule has 168 valence electrons. The molecule has 0 bridgehead atoms. The van der Waals surface area contributed by atoms with E-state index < -0.39 is 16.3 Å². The van der Waals surface area contributed by atoms with E-state index in [0.29, 0.717) is 31.6 Å². The topological polar surface area (TPSA) is 103 Å². The minimum atomic E-state index is -3.65. The first kappa shape index (κ1) is 22.4. The van der Waals surface area contributed by atoms with Crippen LogP contribution in [-0.4, -0.2) is 37.6 Å². The molecule has 1 aliphatic carbocycles. The Kier molecular flexibility index (Phi) is 7.16. The van der Waals surface area contributed by atoms with Crippen molar-refractivity contribution in [2.75, 3.05) is 17.8 Å². The molecule has 0 aliphatic heterocycles. The maximum Gasteiger partial charge on any atom is 0.299 e. The molecule has 7 nitrogen and oxygen atoms in total. The molecule has 0 spiro atoms. The van der Waals surface area contributed by atoms with Crippen LogP contribution >= 0.6 is 0 Å². The summed E-state index contributed by atoms with van der Waals surface area (Å²) >= 11 is 0. The van der Waals surface area contributed by atoms with Crippen LogP contribution in [0.2, 0.25) is 0 Å². The zero-order chi connectivity index (χ0) is 22.4. The molecule has 0 saturated heterocycles. The van der Waals surface area contributed by atoms with E-state index in [-0.39, 0.29) is 6.04 Å². The molecule has 0 saturated carbocycles. The molecule has 32 heavy (non-hydrogen) atoms. The lowest BCUT2D eigenvalue weighted by Crippen LogP contribution is -2.39. The smallest absolute Gasteiger partial charge is 0.299 e. The Morgan fingerprint density at radius 3 is 2.38 bits per heavy atom. The fourth-order valence-corrected chi connectivity index (χ4v) is 5.06. The number of anilines is 1. The zero-order valence-electron chi connectivity index (χ0n) is 17.7. The van der Waals surface area contributed by atoms with Gasteiger partial charge in [-0.15, -0.1) is 0 Å². The number of nitrogens with one attached hydrogen (secondary N) is 3. The second kappa shape index (κ2) is 10.2. The highest BCUT2D eigenvalue weighted by Gasteiger charge is 2.25. The molecule has 1 heterocycles. The van der Waals surface area contributed by atoms with Crippen molar-refractivity contribution in [2.45, 2.75) is 31.4 Å². The average Bonchev–Trinajstić information content (AvgIpc) is 3.19. The van der Waals surface area contributed by atoms with Crippen LogP contribution in [0.15, 0.2) is 73.1 Å². The molecule has 3 aromatic rings. The van der Waals surface area contributed by atoms with Crippen molar-refractivity contribution in [3.63, 3.8) is 0 Å². The van der Waals surface area contributed by atoms with Crippen LogP contribution in [0, 0.1) is 0 Å². The number of hydrogen-bond donors (Lipinski definition) is 4. The Hall–Kier alpha value is -2.78. The monoisotopic (exact) mass is 452 g/mol. The summed E-state index contributed by atoms with van der Waals surface area (Å²) in [7, 11) is -3.65. The number of nitrogens with zero attached hydrogens (tertiary/aromatic N) is 1.